The van der Waals surface area contributed by atoms with Crippen molar-refractivity contribution in [2.24, 2.45) is 0 Å². The Morgan fingerprint density at radius 1 is 1.28 bits per heavy atom. The first-order valence-electron chi connectivity index (χ1n) is 7.97. The van der Waals surface area contributed by atoms with E-state index in [1.165, 1.54) is 11.8 Å². The van der Waals surface area contributed by atoms with E-state index in [4.69, 9.17) is 4.74 Å². The van der Waals surface area contributed by atoms with Gasteiger partial charge in [0.15, 0.2) is 0 Å². The molecule has 0 unspecified atom stereocenters. The molecule has 5 nitrogen and oxygen atoms in total. The van der Waals surface area contributed by atoms with Crippen LogP contribution in [0.3, 0.4) is 0 Å². The minimum atomic E-state index is -0.383. The van der Waals surface area contributed by atoms with Gasteiger partial charge in [0.05, 0.1) is 12.1 Å². The van der Waals surface area contributed by atoms with Crippen LogP contribution in [0.5, 0.6) is 0 Å². The largest absolute Gasteiger partial charge is 0.460 e. The molecule has 1 aromatic heterocycles. The van der Waals surface area contributed by atoms with Crippen LogP contribution in [-0.2, 0) is 9.53 Å². The van der Waals surface area contributed by atoms with E-state index in [0.717, 1.165) is 27.4 Å². The van der Waals surface area contributed by atoms with Crippen LogP contribution in [0.15, 0.2) is 57.0 Å². The van der Waals surface area contributed by atoms with Crippen molar-refractivity contribution in [3.05, 3.63) is 52.6 Å². The molecule has 0 saturated carbocycles. The predicted molar refractivity (Wildman–Crippen MR) is 98.6 cm³/mol. The maximum absolute atomic E-state index is 12.4. The third-order valence-corrected chi connectivity index (χ3v) is 5.28. The molecule has 1 amide bonds. The van der Waals surface area contributed by atoms with Crippen molar-refractivity contribution in [3.63, 3.8) is 0 Å². The van der Waals surface area contributed by atoms with Crippen LogP contribution >= 0.6 is 27.7 Å². The number of carbonyl (C=O) groups is 2. The summed E-state index contributed by atoms with van der Waals surface area (Å²) in [5.74, 6) is -0.250. The number of halogens is 1. The molecule has 3 rings (SSSR count). The number of benzene rings is 1. The van der Waals surface area contributed by atoms with Crippen molar-refractivity contribution < 1.29 is 14.3 Å². The zero-order valence-corrected chi connectivity index (χ0v) is 15.9. The number of hydrogen-bond donors (Lipinski definition) is 0. The van der Waals surface area contributed by atoms with Crippen molar-refractivity contribution in [3.8, 4) is 0 Å². The fraction of sp³-hybridized carbons (Fsp3) is 0.278. The molecule has 1 aliphatic rings. The molecule has 7 heteroatoms. The highest BCUT2D eigenvalue weighted by atomic mass is 79.9. The van der Waals surface area contributed by atoms with Gasteiger partial charge in [0.25, 0.3) is 0 Å². The lowest BCUT2D eigenvalue weighted by atomic mass is 10.2. The van der Waals surface area contributed by atoms with E-state index < -0.39 is 0 Å². The Morgan fingerprint density at radius 3 is 2.84 bits per heavy atom. The minimum absolute atomic E-state index is 0.133. The molecule has 0 spiro atoms. The maximum atomic E-state index is 12.4. The van der Waals surface area contributed by atoms with Crippen LogP contribution in [0.4, 0.5) is 0 Å². The van der Waals surface area contributed by atoms with Gasteiger partial charge in [-0.15, -0.1) is 0 Å². The normalized spacial score (nSPS) is 14.0. The summed E-state index contributed by atoms with van der Waals surface area (Å²) in [5, 5.41) is 0.797. The number of carbonyl (C=O) groups excluding carboxylic acids is 2. The van der Waals surface area contributed by atoms with E-state index in [2.05, 4.69) is 20.9 Å². The Balaban J connectivity index is 1.62. The summed E-state index contributed by atoms with van der Waals surface area (Å²) in [6.07, 6.45) is 3.19. The topological polar surface area (TPSA) is 59.5 Å². The van der Waals surface area contributed by atoms with Crippen molar-refractivity contribution >= 4 is 39.6 Å². The van der Waals surface area contributed by atoms with E-state index in [1.807, 2.05) is 24.3 Å². The summed E-state index contributed by atoms with van der Waals surface area (Å²) >= 11 is 4.77. The fourth-order valence-electron chi connectivity index (χ4n) is 2.53. The second-order valence-corrected chi connectivity index (χ2v) is 7.51. The number of amides is 1. The smallest absolute Gasteiger partial charge is 0.339 e. The van der Waals surface area contributed by atoms with E-state index in [0.29, 0.717) is 18.5 Å². The van der Waals surface area contributed by atoms with Gasteiger partial charge in [-0.1, -0.05) is 23.9 Å². The standard InChI is InChI=1S/C18H17BrN2O3S/c19-13-7-8-16(20-12-13)25-15-5-2-1-4-14(15)18(23)24-11-10-21-9-3-6-17(21)22/h1-2,4-5,7-8,12H,3,6,9-11H2. The molecule has 1 fully saturated rings. The van der Waals surface area contributed by atoms with Crippen LogP contribution in [0.25, 0.3) is 0 Å². The SMILES string of the molecule is O=C(OCCN1CCCC1=O)c1ccccc1Sc1ccc(Br)cn1. The quantitative estimate of drug-likeness (QED) is 0.665. The van der Waals surface area contributed by atoms with Crippen molar-refractivity contribution in [1.82, 2.24) is 9.88 Å². The van der Waals surface area contributed by atoms with Gasteiger partial charge in [-0.2, -0.15) is 0 Å². The number of hydrogen-bond acceptors (Lipinski definition) is 5. The van der Waals surface area contributed by atoms with E-state index in [1.54, 1.807) is 23.2 Å². The summed E-state index contributed by atoms with van der Waals surface area (Å²) in [6, 6.07) is 11.1. The molecule has 0 atom stereocenters. The monoisotopic (exact) mass is 420 g/mol. The number of ether oxygens (including phenoxy) is 1. The van der Waals surface area contributed by atoms with Gasteiger partial charge < -0.3 is 9.64 Å². The van der Waals surface area contributed by atoms with Gasteiger partial charge >= 0.3 is 5.97 Å². The molecular formula is C18H17BrN2O3S. The molecule has 2 heterocycles. The van der Waals surface area contributed by atoms with Gasteiger partial charge in [-0.05, 0) is 46.6 Å². The van der Waals surface area contributed by atoms with Gasteiger partial charge in [0.1, 0.15) is 11.6 Å². The molecular weight excluding hydrogens is 404 g/mol. The molecule has 130 valence electrons. The van der Waals surface area contributed by atoms with Gasteiger partial charge in [-0.25, -0.2) is 9.78 Å². The van der Waals surface area contributed by atoms with Crippen LogP contribution in [0.1, 0.15) is 23.2 Å². The third kappa shape index (κ3) is 4.83. The zero-order valence-electron chi connectivity index (χ0n) is 13.5. The van der Waals surface area contributed by atoms with Crippen molar-refractivity contribution in [2.45, 2.75) is 22.8 Å². The summed E-state index contributed by atoms with van der Waals surface area (Å²) in [6.45, 7) is 1.41. The van der Waals surface area contributed by atoms with Crippen LogP contribution in [0.2, 0.25) is 0 Å². The number of pyridine rings is 1. The second-order valence-electron chi connectivity index (χ2n) is 5.53. The van der Waals surface area contributed by atoms with Crippen molar-refractivity contribution in [1.29, 1.82) is 0 Å². The second kappa shape index (κ2) is 8.49. The Hall–Kier alpha value is -1.86. The van der Waals surface area contributed by atoms with Crippen LogP contribution in [0, 0.1) is 0 Å². The maximum Gasteiger partial charge on any atom is 0.339 e. The zero-order chi connectivity index (χ0) is 17.6. The van der Waals surface area contributed by atoms with E-state index in [9.17, 15) is 9.59 Å². The number of aromatic nitrogens is 1. The minimum Gasteiger partial charge on any atom is -0.460 e. The summed E-state index contributed by atoms with van der Waals surface area (Å²) in [7, 11) is 0. The van der Waals surface area contributed by atoms with Gasteiger partial charge in [0, 0.05) is 28.5 Å². The molecule has 0 aliphatic carbocycles. The first-order chi connectivity index (χ1) is 12.1. The third-order valence-electron chi connectivity index (χ3n) is 3.79. The lowest BCUT2D eigenvalue weighted by Gasteiger charge is -2.15. The molecule has 2 aromatic rings. The number of rotatable bonds is 6. The Bertz CT molecular complexity index is 767. The van der Waals surface area contributed by atoms with Crippen LogP contribution < -0.4 is 0 Å². The first kappa shape index (κ1) is 17.9. The van der Waals surface area contributed by atoms with Crippen molar-refractivity contribution in [2.75, 3.05) is 19.7 Å². The summed E-state index contributed by atoms with van der Waals surface area (Å²) in [5.41, 5.74) is 0.505. The first-order valence-corrected chi connectivity index (χ1v) is 9.58. The molecule has 0 N–H and O–H groups in total. The highest BCUT2D eigenvalue weighted by molar-refractivity contribution is 9.10. The van der Waals surface area contributed by atoms with E-state index >= 15 is 0 Å². The lowest BCUT2D eigenvalue weighted by Crippen LogP contribution is -2.29. The molecule has 25 heavy (non-hydrogen) atoms. The fourth-order valence-corrected chi connectivity index (χ4v) is 3.64. The molecule has 1 aliphatic heterocycles. The predicted octanol–water partition coefficient (Wildman–Crippen LogP) is 3.77. The molecule has 0 bridgehead atoms. The Morgan fingerprint density at radius 2 is 2.12 bits per heavy atom. The lowest BCUT2D eigenvalue weighted by molar-refractivity contribution is -0.128. The van der Waals surface area contributed by atoms with Gasteiger partial charge in [-0.3, -0.25) is 4.79 Å². The number of nitrogens with zero attached hydrogens (tertiary/aromatic N) is 2. The summed E-state index contributed by atoms with van der Waals surface area (Å²) in [4.78, 5) is 30.8. The summed E-state index contributed by atoms with van der Waals surface area (Å²) < 4.78 is 6.27. The molecule has 1 saturated heterocycles. The van der Waals surface area contributed by atoms with Crippen LogP contribution in [-0.4, -0.2) is 41.5 Å². The molecule has 0 radical (unpaired) electrons. The van der Waals surface area contributed by atoms with E-state index in [-0.39, 0.29) is 18.5 Å². The number of esters is 1. The highest BCUT2D eigenvalue weighted by Crippen LogP contribution is 2.30. The average Bonchev–Trinajstić information content (AvgIpc) is 3.02. The average molecular weight is 421 g/mol. The van der Waals surface area contributed by atoms with Gasteiger partial charge in [0.2, 0.25) is 5.91 Å². The molecule has 1 aromatic carbocycles. The number of likely N-dealkylation sites (tertiary alicyclic amines) is 1. The highest BCUT2D eigenvalue weighted by Gasteiger charge is 2.20. The Labute approximate surface area is 158 Å². The Kier molecular flexibility index (Phi) is 6.09.